The van der Waals surface area contributed by atoms with Gasteiger partial charge in [-0.25, -0.2) is 0 Å². The van der Waals surface area contributed by atoms with Crippen LogP contribution in [0.15, 0.2) is 24.3 Å². The lowest BCUT2D eigenvalue weighted by Gasteiger charge is -2.14. The Bertz CT molecular complexity index is 283. The minimum Gasteiger partial charge on any atom is -0.497 e. The van der Waals surface area contributed by atoms with Gasteiger partial charge in [-0.2, -0.15) is 0 Å². The average molecular weight is 257 g/mol. The van der Waals surface area contributed by atoms with E-state index >= 15 is 0 Å². The van der Waals surface area contributed by atoms with Gasteiger partial charge < -0.3 is 4.74 Å². The van der Waals surface area contributed by atoms with Crippen LogP contribution in [0.1, 0.15) is 19.4 Å². The van der Waals surface area contributed by atoms with E-state index in [1.807, 2.05) is 12.1 Å². The molecule has 0 aliphatic rings. The molecule has 0 aliphatic heterocycles. The summed E-state index contributed by atoms with van der Waals surface area (Å²) in [6.45, 7) is 4.43. The summed E-state index contributed by atoms with van der Waals surface area (Å²) in [4.78, 5) is 0.550. The van der Waals surface area contributed by atoms with E-state index in [1.165, 1.54) is 5.56 Å². The summed E-state index contributed by atoms with van der Waals surface area (Å²) in [6, 6.07) is 8.27. The lowest BCUT2D eigenvalue weighted by Crippen LogP contribution is -2.09. The number of halogens is 1. The molecule has 2 heteroatoms. The zero-order valence-corrected chi connectivity index (χ0v) is 10.5. The molecule has 14 heavy (non-hydrogen) atoms. The number of alkyl halides is 1. The van der Waals surface area contributed by atoms with Gasteiger partial charge in [-0.05, 0) is 30.0 Å². The molecule has 0 radical (unpaired) electrons. The standard InChI is InChI=1S/C12H17BrO/c1-9(10(2)13)7-11-5-4-6-12(8-11)14-3/h4-6,8-10H,7H2,1-3H3. The Morgan fingerprint density at radius 3 is 2.64 bits per heavy atom. The van der Waals surface area contributed by atoms with Gasteiger partial charge in [-0.15, -0.1) is 0 Å². The molecule has 0 heterocycles. The van der Waals surface area contributed by atoms with E-state index in [4.69, 9.17) is 4.74 Å². The Labute approximate surface area is 94.6 Å². The smallest absolute Gasteiger partial charge is 0.119 e. The second kappa shape index (κ2) is 5.40. The highest BCUT2D eigenvalue weighted by Gasteiger charge is 2.09. The fourth-order valence-corrected chi connectivity index (χ4v) is 1.52. The maximum atomic E-state index is 5.19. The van der Waals surface area contributed by atoms with E-state index < -0.39 is 0 Å². The number of ether oxygens (including phenoxy) is 1. The largest absolute Gasteiger partial charge is 0.497 e. The van der Waals surface area contributed by atoms with Crippen molar-refractivity contribution in [2.24, 2.45) is 5.92 Å². The zero-order chi connectivity index (χ0) is 10.6. The fourth-order valence-electron chi connectivity index (χ4n) is 1.33. The van der Waals surface area contributed by atoms with Crippen molar-refractivity contribution < 1.29 is 4.74 Å². The molecule has 0 N–H and O–H groups in total. The van der Waals surface area contributed by atoms with Gasteiger partial charge in [-0.1, -0.05) is 41.9 Å². The molecular weight excluding hydrogens is 240 g/mol. The maximum Gasteiger partial charge on any atom is 0.119 e. The maximum absolute atomic E-state index is 5.19. The molecule has 0 amide bonds. The van der Waals surface area contributed by atoms with E-state index in [0.717, 1.165) is 12.2 Å². The molecule has 0 bridgehead atoms. The highest BCUT2D eigenvalue weighted by atomic mass is 79.9. The van der Waals surface area contributed by atoms with Gasteiger partial charge in [-0.3, -0.25) is 0 Å². The summed E-state index contributed by atoms with van der Waals surface area (Å²) >= 11 is 3.60. The van der Waals surface area contributed by atoms with Crippen molar-refractivity contribution in [3.63, 3.8) is 0 Å². The van der Waals surface area contributed by atoms with Crippen molar-refractivity contribution >= 4 is 15.9 Å². The van der Waals surface area contributed by atoms with Gasteiger partial charge in [0.05, 0.1) is 7.11 Å². The predicted molar refractivity (Wildman–Crippen MR) is 64.3 cm³/mol. The summed E-state index contributed by atoms with van der Waals surface area (Å²) in [7, 11) is 1.70. The number of hydrogen-bond acceptors (Lipinski definition) is 1. The Balaban J connectivity index is 2.66. The first-order valence-electron chi connectivity index (χ1n) is 4.90. The van der Waals surface area contributed by atoms with Crippen LogP contribution in [0.25, 0.3) is 0 Å². The molecule has 1 nitrogen and oxygen atoms in total. The molecule has 0 saturated heterocycles. The lowest BCUT2D eigenvalue weighted by atomic mass is 9.99. The van der Waals surface area contributed by atoms with Gasteiger partial charge >= 0.3 is 0 Å². The number of benzene rings is 1. The SMILES string of the molecule is COc1cccc(CC(C)C(C)Br)c1. The molecule has 0 saturated carbocycles. The lowest BCUT2D eigenvalue weighted by molar-refractivity contribution is 0.414. The molecule has 2 atom stereocenters. The summed E-state index contributed by atoms with van der Waals surface area (Å²) in [5.74, 6) is 1.58. The molecule has 1 aromatic carbocycles. The minimum atomic E-state index is 0.550. The summed E-state index contributed by atoms with van der Waals surface area (Å²) < 4.78 is 5.19. The first-order valence-corrected chi connectivity index (χ1v) is 5.82. The van der Waals surface area contributed by atoms with Crippen molar-refractivity contribution in [2.75, 3.05) is 7.11 Å². The fraction of sp³-hybridized carbons (Fsp3) is 0.500. The van der Waals surface area contributed by atoms with Crippen LogP contribution in [0.2, 0.25) is 0 Å². The molecular formula is C12H17BrO. The average Bonchev–Trinajstić information content (AvgIpc) is 2.18. The molecule has 0 fully saturated rings. The van der Waals surface area contributed by atoms with Crippen LogP contribution < -0.4 is 4.74 Å². The molecule has 1 aromatic rings. The topological polar surface area (TPSA) is 9.23 Å². The van der Waals surface area contributed by atoms with Crippen molar-refractivity contribution in [3.05, 3.63) is 29.8 Å². The van der Waals surface area contributed by atoms with Crippen LogP contribution in [0.3, 0.4) is 0 Å². The second-order valence-electron chi connectivity index (χ2n) is 3.71. The van der Waals surface area contributed by atoms with Crippen molar-refractivity contribution in [3.8, 4) is 5.75 Å². The molecule has 1 rings (SSSR count). The Kier molecular flexibility index (Phi) is 4.46. The third kappa shape index (κ3) is 3.33. The highest BCUT2D eigenvalue weighted by molar-refractivity contribution is 9.09. The minimum absolute atomic E-state index is 0.550. The number of rotatable bonds is 4. The van der Waals surface area contributed by atoms with E-state index in [2.05, 4.69) is 41.9 Å². The third-order valence-corrected chi connectivity index (χ3v) is 3.38. The van der Waals surface area contributed by atoms with Crippen LogP contribution in [0, 0.1) is 5.92 Å². The Hall–Kier alpha value is -0.500. The van der Waals surface area contributed by atoms with Gasteiger partial charge in [0.2, 0.25) is 0 Å². The van der Waals surface area contributed by atoms with Gasteiger partial charge in [0.15, 0.2) is 0 Å². The highest BCUT2D eigenvalue weighted by Crippen LogP contribution is 2.20. The molecule has 0 aromatic heterocycles. The summed E-state index contributed by atoms with van der Waals surface area (Å²) in [5, 5.41) is 0. The van der Waals surface area contributed by atoms with Crippen molar-refractivity contribution in [2.45, 2.75) is 25.1 Å². The van der Waals surface area contributed by atoms with Crippen LogP contribution in [-0.2, 0) is 6.42 Å². The Morgan fingerprint density at radius 2 is 2.07 bits per heavy atom. The van der Waals surface area contributed by atoms with Gasteiger partial charge in [0, 0.05) is 4.83 Å². The van der Waals surface area contributed by atoms with Crippen LogP contribution in [-0.4, -0.2) is 11.9 Å². The first-order chi connectivity index (χ1) is 6.63. The van der Waals surface area contributed by atoms with E-state index in [1.54, 1.807) is 7.11 Å². The number of hydrogen-bond donors (Lipinski definition) is 0. The van der Waals surface area contributed by atoms with Gasteiger partial charge in [0.25, 0.3) is 0 Å². The van der Waals surface area contributed by atoms with Crippen LogP contribution in [0.5, 0.6) is 5.75 Å². The molecule has 0 spiro atoms. The Morgan fingerprint density at radius 1 is 1.36 bits per heavy atom. The van der Waals surface area contributed by atoms with Crippen LogP contribution in [0.4, 0.5) is 0 Å². The zero-order valence-electron chi connectivity index (χ0n) is 8.96. The number of methoxy groups -OCH3 is 1. The normalized spacial score (nSPS) is 14.9. The summed E-state index contributed by atoms with van der Waals surface area (Å²) in [6.07, 6.45) is 1.09. The van der Waals surface area contributed by atoms with Crippen molar-refractivity contribution in [1.29, 1.82) is 0 Å². The van der Waals surface area contributed by atoms with E-state index in [0.29, 0.717) is 10.7 Å². The molecule has 2 unspecified atom stereocenters. The monoisotopic (exact) mass is 256 g/mol. The predicted octanol–water partition coefficient (Wildman–Crippen LogP) is 3.66. The first kappa shape index (κ1) is 11.6. The summed E-state index contributed by atoms with van der Waals surface area (Å²) in [5.41, 5.74) is 1.34. The molecule has 78 valence electrons. The second-order valence-corrected chi connectivity index (χ2v) is 5.15. The van der Waals surface area contributed by atoms with Crippen LogP contribution >= 0.6 is 15.9 Å². The van der Waals surface area contributed by atoms with E-state index in [9.17, 15) is 0 Å². The third-order valence-electron chi connectivity index (χ3n) is 2.48. The van der Waals surface area contributed by atoms with Gasteiger partial charge in [0.1, 0.15) is 5.75 Å². The molecule has 0 aliphatic carbocycles. The van der Waals surface area contributed by atoms with E-state index in [-0.39, 0.29) is 0 Å². The quantitative estimate of drug-likeness (QED) is 0.748. The van der Waals surface area contributed by atoms with Crippen molar-refractivity contribution in [1.82, 2.24) is 0 Å².